The highest BCUT2D eigenvalue weighted by molar-refractivity contribution is 6.07. The van der Waals surface area contributed by atoms with E-state index in [2.05, 4.69) is 15.6 Å². The van der Waals surface area contributed by atoms with E-state index >= 15 is 0 Å². The molecule has 0 radical (unpaired) electrons. The highest BCUT2D eigenvalue weighted by Gasteiger charge is 2.50. The zero-order valence-electron chi connectivity index (χ0n) is 15.9. The zero-order valence-corrected chi connectivity index (χ0v) is 15.9. The number of amides is 2. The number of benzene rings is 1. The fourth-order valence-electron chi connectivity index (χ4n) is 4.74. The Bertz CT molecular complexity index is 981. The standard InChI is InChI=1S/C22H23N3O3/c1-21(7-4-8-28-21)13-24-19(26)18-9-14-10-22(11-15(14)12-23-18)16-5-2-3-6-17(16)25-20(22)27/h2-3,5-6,9,12H,4,7-8,10-11,13H2,1H3,(H,24,26)(H,25,27). The molecule has 2 amide bonds. The summed E-state index contributed by atoms with van der Waals surface area (Å²) in [5.74, 6) is -0.168. The van der Waals surface area contributed by atoms with E-state index in [-0.39, 0.29) is 17.4 Å². The summed E-state index contributed by atoms with van der Waals surface area (Å²) in [5.41, 5.74) is 3.50. The first kappa shape index (κ1) is 17.4. The van der Waals surface area contributed by atoms with Gasteiger partial charge >= 0.3 is 0 Å². The molecule has 0 bridgehead atoms. The maximum atomic E-state index is 12.8. The van der Waals surface area contributed by atoms with Gasteiger partial charge in [-0.2, -0.15) is 0 Å². The van der Waals surface area contributed by atoms with Crippen molar-refractivity contribution in [1.82, 2.24) is 10.3 Å². The number of carbonyl (C=O) groups excluding carboxylic acids is 2. The quantitative estimate of drug-likeness (QED) is 0.861. The average molecular weight is 377 g/mol. The molecule has 1 aromatic carbocycles. The molecule has 1 aliphatic carbocycles. The van der Waals surface area contributed by atoms with Crippen LogP contribution < -0.4 is 10.6 Å². The molecule has 144 valence electrons. The second kappa shape index (κ2) is 6.14. The van der Waals surface area contributed by atoms with Gasteiger partial charge < -0.3 is 15.4 Å². The van der Waals surface area contributed by atoms with Crippen molar-refractivity contribution in [3.05, 3.63) is 58.9 Å². The Labute approximate surface area is 163 Å². The van der Waals surface area contributed by atoms with Crippen LogP contribution in [-0.2, 0) is 27.8 Å². The van der Waals surface area contributed by atoms with Gasteiger partial charge in [-0.05, 0) is 61.4 Å². The number of nitrogens with one attached hydrogen (secondary N) is 2. The molecule has 1 fully saturated rings. The molecular formula is C22H23N3O3. The lowest BCUT2D eigenvalue weighted by atomic mass is 9.79. The van der Waals surface area contributed by atoms with Gasteiger partial charge in [0.15, 0.2) is 0 Å². The summed E-state index contributed by atoms with van der Waals surface area (Å²) in [6.07, 6.45) is 4.93. The monoisotopic (exact) mass is 377 g/mol. The first-order valence-electron chi connectivity index (χ1n) is 9.80. The second-order valence-corrected chi connectivity index (χ2v) is 8.36. The molecule has 1 spiro atoms. The SMILES string of the molecule is CC1(CNC(=O)c2cc3c(cn2)CC2(C3)C(=O)Nc3ccccc32)CCCO1. The molecule has 6 heteroatoms. The first-order chi connectivity index (χ1) is 13.5. The minimum atomic E-state index is -0.582. The fourth-order valence-corrected chi connectivity index (χ4v) is 4.74. The van der Waals surface area contributed by atoms with Crippen LogP contribution >= 0.6 is 0 Å². The number of nitrogens with zero attached hydrogens (tertiary/aromatic N) is 1. The van der Waals surface area contributed by atoms with Crippen LogP contribution in [0.1, 0.15) is 46.9 Å². The number of fused-ring (bicyclic) bond motifs is 3. The first-order valence-corrected chi connectivity index (χ1v) is 9.80. The molecule has 2 atom stereocenters. The summed E-state index contributed by atoms with van der Waals surface area (Å²) in [7, 11) is 0. The number of rotatable bonds is 3. The van der Waals surface area contributed by atoms with Crippen LogP contribution in [0.3, 0.4) is 0 Å². The lowest BCUT2D eigenvalue weighted by Gasteiger charge is -2.23. The van der Waals surface area contributed by atoms with Gasteiger partial charge in [-0.3, -0.25) is 14.6 Å². The number of anilines is 1. The van der Waals surface area contributed by atoms with Crippen LogP contribution in [0.4, 0.5) is 5.69 Å². The molecule has 6 nitrogen and oxygen atoms in total. The average Bonchev–Trinajstić information content (AvgIpc) is 3.37. The van der Waals surface area contributed by atoms with E-state index in [1.807, 2.05) is 37.3 Å². The third kappa shape index (κ3) is 2.63. The molecule has 1 aromatic heterocycles. The van der Waals surface area contributed by atoms with Gasteiger partial charge in [-0.15, -0.1) is 0 Å². The smallest absolute Gasteiger partial charge is 0.269 e. The Morgan fingerprint density at radius 3 is 2.93 bits per heavy atom. The van der Waals surface area contributed by atoms with Crippen molar-refractivity contribution in [2.45, 2.75) is 43.6 Å². The summed E-state index contributed by atoms with van der Waals surface area (Å²) in [6.45, 7) is 3.25. The van der Waals surface area contributed by atoms with Crippen molar-refractivity contribution in [3.63, 3.8) is 0 Å². The van der Waals surface area contributed by atoms with Crippen LogP contribution in [0.25, 0.3) is 0 Å². The van der Waals surface area contributed by atoms with Gasteiger partial charge in [-0.1, -0.05) is 18.2 Å². The number of pyridine rings is 1. The van der Waals surface area contributed by atoms with Crippen LogP contribution in [-0.4, -0.2) is 35.6 Å². The van der Waals surface area contributed by atoms with E-state index in [1.165, 1.54) is 0 Å². The summed E-state index contributed by atoms with van der Waals surface area (Å²) in [5, 5.41) is 5.96. The number of hydrogen-bond donors (Lipinski definition) is 2. The van der Waals surface area contributed by atoms with Crippen LogP contribution in [0, 0.1) is 0 Å². The summed E-state index contributed by atoms with van der Waals surface area (Å²) >= 11 is 0. The second-order valence-electron chi connectivity index (χ2n) is 8.36. The number of carbonyl (C=O) groups is 2. The molecule has 5 rings (SSSR count). The Morgan fingerprint density at radius 2 is 2.11 bits per heavy atom. The molecule has 0 saturated carbocycles. The minimum absolute atomic E-state index is 0.0298. The van der Waals surface area contributed by atoms with Gasteiger partial charge in [0.25, 0.3) is 5.91 Å². The van der Waals surface area contributed by atoms with Crippen molar-refractivity contribution < 1.29 is 14.3 Å². The number of para-hydroxylation sites is 1. The van der Waals surface area contributed by atoms with E-state index in [4.69, 9.17) is 4.74 Å². The summed E-state index contributed by atoms with van der Waals surface area (Å²) in [4.78, 5) is 29.8. The van der Waals surface area contributed by atoms with Crippen molar-refractivity contribution in [2.75, 3.05) is 18.5 Å². The Morgan fingerprint density at radius 1 is 1.29 bits per heavy atom. The third-order valence-electron chi connectivity index (χ3n) is 6.35. The topological polar surface area (TPSA) is 80.3 Å². The van der Waals surface area contributed by atoms with Gasteiger partial charge in [-0.25, -0.2) is 0 Å². The van der Waals surface area contributed by atoms with Crippen molar-refractivity contribution >= 4 is 17.5 Å². The molecule has 2 N–H and O–H groups in total. The van der Waals surface area contributed by atoms with Crippen LogP contribution in [0.5, 0.6) is 0 Å². The molecule has 2 unspecified atom stereocenters. The number of aromatic nitrogens is 1. The lowest BCUT2D eigenvalue weighted by molar-refractivity contribution is -0.120. The van der Waals surface area contributed by atoms with E-state index in [9.17, 15) is 9.59 Å². The highest BCUT2D eigenvalue weighted by Crippen LogP contribution is 2.47. The number of ether oxygens (including phenoxy) is 1. The molecule has 2 aromatic rings. The predicted octanol–water partition coefficient (Wildman–Crippen LogP) is 2.37. The van der Waals surface area contributed by atoms with Gasteiger partial charge in [0.05, 0.1) is 11.0 Å². The molecular weight excluding hydrogens is 354 g/mol. The summed E-state index contributed by atoms with van der Waals surface area (Å²) < 4.78 is 5.73. The van der Waals surface area contributed by atoms with Gasteiger partial charge in [0.1, 0.15) is 5.69 Å². The normalized spacial score (nSPS) is 27.5. The highest BCUT2D eigenvalue weighted by atomic mass is 16.5. The van der Waals surface area contributed by atoms with Crippen molar-refractivity contribution in [2.24, 2.45) is 0 Å². The Kier molecular flexibility index (Phi) is 3.81. The Balaban J connectivity index is 1.37. The van der Waals surface area contributed by atoms with E-state index in [0.717, 1.165) is 41.8 Å². The lowest BCUT2D eigenvalue weighted by Crippen LogP contribution is -2.40. The maximum absolute atomic E-state index is 12.8. The van der Waals surface area contributed by atoms with Crippen molar-refractivity contribution in [1.29, 1.82) is 0 Å². The maximum Gasteiger partial charge on any atom is 0.269 e. The molecule has 3 heterocycles. The van der Waals surface area contributed by atoms with E-state index in [0.29, 0.717) is 25.1 Å². The summed E-state index contributed by atoms with van der Waals surface area (Å²) in [6, 6.07) is 9.69. The van der Waals surface area contributed by atoms with E-state index < -0.39 is 5.41 Å². The van der Waals surface area contributed by atoms with Gasteiger partial charge in [0, 0.05) is 25.0 Å². The molecule has 28 heavy (non-hydrogen) atoms. The Hall–Kier alpha value is -2.73. The minimum Gasteiger partial charge on any atom is -0.373 e. The van der Waals surface area contributed by atoms with Crippen LogP contribution in [0.2, 0.25) is 0 Å². The van der Waals surface area contributed by atoms with E-state index in [1.54, 1.807) is 6.20 Å². The molecule has 1 saturated heterocycles. The molecule has 2 aliphatic heterocycles. The largest absolute Gasteiger partial charge is 0.373 e. The van der Waals surface area contributed by atoms with Crippen LogP contribution in [0.15, 0.2) is 36.5 Å². The zero-order chi connectivity index (χ0) is 19.4. The number of hydrogen-bond acceptors (Lipinski definition) is 4. The van der Waals surface area contributed by atoms with Gasteiger partial charge in [0.2, 0.25) is 5.91 Å². The fraction of sp³-hybridized carbons (Fsp3) is 0.409. The predicted molar refractivity (Wildman–Crippen MR) is 104 cm³/mol. The molecule has 3 aliphatic rings. The third-order valence-corrected chi connectivity index (χ3v) is 6.35. The van der Waals surface area contributed by atoms with Crippen molar-refractivity contribution in [3.8, 4) is 0 Å².